The molecular weight excluding hydrogens is 236 g/mol. The summed E-state index contributed by atoms with van der Waals surface area (Å²) >= 11 is 0. The standard InChI is InChI=1S/C16H30N2O/c1-3-4-11-18(14-5-6-14)15(19)16(12-17)9-7-13(2)8-10-16/h13-14H,3-12,17H2,1-2H3. The molecule has 110 valence electrons. The lowest BCUT2D eigenvalue weighted by atomic mass is 9.70. The third kappa shape index (κ3) is 3.31. The van der Waals surface area contributed by atoms with Crippen LogP contribution in [0.25, 0.3) is 0 Å². The van der Waals surface area contributed by atoms with Gasteiger partial charge < -0.3 is 10.6 Å². The monoisotopic (exact) mass is 266 g/mol. The van der Waals surface area contributed by atoms with Gasteiger partial charge in [0, 0.05) is 19.1 Å². The van der Waals surface area contributed by atoms with Gasteiger partial charge in [-0.1, -0.05) is 20.3 Å². The van der Waals surface area contributed by atoms with Gasteiger partial charge in [-0.3, -0.25) is 4.79 Å². The van der Waals surface area contributed by atoms with Gasteiger partial charge in [0.2, 0.25) is 5.91 Å². The van der Waals surface area contributed by atoms with Crippen LogP contribution in [0.1, 0.15) is 65.2 Å². The van der Waals surface area contributed by atoms with E-state index in [0.717, 1.165) is 51.0 Å². The highest BCUT2D eigenvalue weighted by Gasteiger charge is 2.45. The summed E-state index contributed by atoms with van der Waals surface area (Å²) in [6.07, 6.45) is 9.00. The summed E-state index contributed by atoms with van der Waals surface area (Å²) in [5.41, 5.74) is 5.79. The predicted molar refractivity (Wildman–Crippen MR) is 78.8 cm³/mol. The summed E-state index contributed by atoms with van der Waals surface area (Å²) in [5, 5.41) is 0. The molecule has 0 unspecified atom stereocenters. The van der Waals surface area contributed by atoms with E-state index in [0.29, 0.717) is 18.5 Å². The SMILES string of the molecule is CCCCN(C(=O)C1(CN)CCC(C)CC1)C1CC1. The summed E-state index contributed by atoms with van der Waals surface area (Å²) in [5.74, 6) is 1.13. The van der Waals surface area contributed by atoms with Gasteiger partial charge in [0.1, 0.15) is 0 Å². The fourth-order valence-electron chi connectivity index (χ4n) is 3.29. The van der Waals surface area contributed by atoms with E-state index in [2.05, 4.69) is 18.7 Å². The van der Waals surface area contributed by atoms with Crippen LogP contribution in [0.3, 0.4) is 0 Å². The Morgan fingerprint density at radius 3 is 2.37 bits per heavy atom. The number of hydrogen-bond acceptors (Lipinski definition) is 2. The maximum Gasteiger partial charge on any atom is 0.230 e. The van der Waals surface area contributed by atoms with Crippen molar-refractivity contribution in [2.75, 3.05) is 13.1 Å². The fourth-order valence-corrected chi connectivity index (χ4v) is 3.29. The zero-order valence-corrected chi connectivity index (χ0v) is 12.7. The quantitative estimate of drug-likeness (QED) is 0.803. The van der Waals surface area contributed by atoms with Crippen LogP contribution in [0, 0.1) is 11.3 Å². The lowest BCUT2D eigenvalue weighted by molar-refractivity contribution is -0.144. The Hall–Kier alpha value is -0.570. The highest BCUT2D eigenvalue weighted by atomic mass is 16.2. The first-order chi connectivity index (χ1) is 9.13. The topological polar surface area (TPSA) is 46.3 Å². The largest absolute Gasteiger partial charge is 0.339 e. The van der Waals surface area contributed by atoms with E-state index >= 15 is 0 Å². The Kier molecular flexibility index (Phi) is 4.88. The normalized spacial score (nSPS) is 31.2. The van der Waals surface area contributed by atoms with Gasteiger partial charge in [-0.05, 0) is 50.9 Å². The second-order valence-corrected chi connectivity index (χ2v) is 6.75. The van der Waals surface area contributed by atoms with Gasteiger partial charge in [-0.15, -0.1) is 0 Å². The second-order valence-electron chi connectivity index (χ2n) is 6.75. The van der Waals surface area contributed by atoms with Crippen molar-refractivity contribution in [1.82, 2.24) is 4.90 Å². The molecule has 2 rings (SSSR count). The maximum atomic E-state index is 13.0. The lowest BCUT2D eigenvalue weighted by Gasteiger charge is -2.41. The van der Waals surface area contributed by atoms with Crippen molar-refractivity contribution in [1.29, 1.82) is 0 Å². The minimum atomic E-state index is -0.233. The van der Waals surface area contributed by atoms with Gasteiger partial charge >= 0.3 is 0 Å². The van der Waals surface area contributed by atoms with Crippen LogP contribution in [0.2, 0.25) is 0 Å². The number of unbranched alkanes of at least 4 members (excludes halogenated alkanes) is 1. The Morgan fingerprint density at radius 2 is 1.89 bits per heavy atom. The summed E-state index contributed by atoms with van der Waals surface area (Å²) in [6, 6.07) is 0.529. The first-order valence-corrected chi connectivity index (χ1v) is 8.14. The molecule has 0 saturated heterocycles. The van der Waals surface area contributed by atoms with Crippen LogP contribution in [-0.4, -0.2) is 29.9 Å². The molecule has 0 aliphatic heterocycles. The third-order valence-corrected chi connectivity index (χ3v) is 5.08. The van der Waals surface area contributed by atoms with E-state index in [4.69, 9.17) is 5.73 Å². The summed E-state index contributed by atoms with van der Waals surface area (Å²) in [6.45, 7) is 5.96. The molecule has 2 saturated carbocycles. The van der Waals surface area contributed by atoms with Crippen LogP contribution in [-0.2, 0) is 4.79 Å². The number of rotatable bonds is 6. The van der Waals surface area contributed by atoms with Crippen molar-refractivity contribution in [3.8, 4) is 0 Å². The van der Waals surface area contributed by atoms with E-state index < -0.39 is 0 Å². The minimum absolute atomic E-state index is 0.233. The lowest BCUT2D eigenvalue weighted by Crippen LogP contribution is -2.50. The number of hydrogen-bond donors (Lipinski definition) is 1. The average Bonchev–Trinajstić information content (AvgIpc) is 3.25. The molecule has 3 heteroatoms. The van der Waals surface area contributed by atoms with Gasteiger partial charge in [-0.2, -0.15) is 0 Å². The smallest absolute Gasteiger partial charge is 0.230 e. The molecule has 2 aliphatic rings. The van der Waals surface area contributed by atoms with Crippen molar-refractivity contribution < 1.29 is 4.79 Å². The molecule has 0 heterocycles. The van der Waals surface area contributed by atoms with Crippen LogP contribution in [0.5, 0.6) is 0 Å². The summed E-state index contributed by atoms with van der Waals surface area (Å²) in [7, 11) is 0. The van der Waals surface area contributed by atoms with Crippen molar-refractivity contribution >= 4 is 5.91 Å². The number of nitrogens with two attached hydrogens (primary N) is 1. The van der Waals surface area contributed by atoms with E-state index in [1.54, 1.807) is 0 Å². The predicted octanol–water partition coefficient (Wildman–Crippen LogP) is 2.93. The van der Waals surface area contributed by atoms with Crippen molar-refractivity contribution in [2.24, 2.45) is 17.1 Å². The molecule has 0 bridgehead atoms. The highest BCUT2D eigenvalue weighted by Crippen LogP contribution is 2.41. The average molecular weight is 266 g/mol. The Morgan fingerprint density at radius 1 is 1.26 bits per heavy atom. The molecule has 2 fully saturated rings. The molecule has 0 aromatic carbocycles. The first kappa shape index (κ1) is 14.8. The number of amides is 1. The molecule has 1 amide bonds. The Labute approximate surface area is 117 Å². The van der Waals surface area contributed by atoms with Crippen molar-refractivity contribution in [2.45, 2.75) is 71.3 Å². The molecule has 19 heavy (non-hydrogen) atoms. The highest BCUT2D eigenvalue weighted by molar-refractivity contribution is 5.83. The van der Waals surface area contributed by atoms with Crippen LogP contribution in [0.15, 0.2) is 0 Å². The third-order valence-electron chi connectivity index (χ3n) is 5.08. The summed E-state index contributed by atoms with van der Waals surface area (Å²) < 4.78 is 0. The minimum Gasteiger partial charge on any atom is -0.339 e. The molecule has 0 radical (unpaired) electrons. The van der Waals surface area contributed by atoms with E-state index in [9.17, 15) is 4.79 Å². The molecule has 2 N–H and O–H groups in total. The van der Waals surface area contributed by atoms with Crippen LogP contribution < -0.4 is 5.73 Å². The number of carbonyl (C=O) groups is 1. The Balaban J connectivity index is 2.05. The van der Waals surface area contributed by atoms with Crippen molar-refractivity contribution in [3.63, 3.8) is 0 Å². The molecular formula is C16H30N2O. The number of carbonyl (C=O) groups excluding carboxylic acids is 1. The van der Waals surface area contributed by atoms with Gasteiger partial charge in [0.15, 0.2) is 0 Å². The zero-order valence-electron chi connectivity index (χ0n) is 12.7. The first-order valence-electron chi connectivity index (χ1n) is 8.14. The molecule has 0 atom stereocenters. The molecule has 3 nitrogen and oxygen atoms in total. The summed E-state index contributed by atoms with van der Waals surface area (Å²) in [4.78, 5) is 15.2. The van der Waals surface area contributed by atoms with E-state index in [-0.39, 0.29) is 5.41 Å². The van der Waals surface area contributed by atoms with Gasteiger partial charge in [0.25, 0.3) is 0 Å². The molecule has 0 spiro atoms. The zero-order chi connectivity index (χ0) is 13.9. The van der Waals surface area contributed by atoms with Crippen LogP contribution >= 0.6 is 0 Å². The van der Waals surface area contributed by atoms with E-state index in [1.807, 2.05) is 0 Å². The molecule has 0 aromatic heterocycles. The van der Waals surface area contributed by atoms with E-state index in [1.165, 1.54) is 12.8 Å². The van der Waals surface area contributed by atoms with Crippen LogP contribution in [0.4, 0.5) is 0 Å². The number of nitrogens with zero attached hydrogens (tertiary/aromatic N) is 1. The molecule has 2 aliphatic carbocycles. The molecule has 0 aromatic rings. The van der Waals surface area contributed by atoms with Crippen molar-refractivity contribution in [3.05, 3.63) is 0 Å². The maximum absolute atomic E-state index is 13.0. The fraction of sp³-hybridized carbons (Fsp3) is 0.938. The Bertz CT molecular complexity index is 304. The van der Waals surface area contributed by atoms with Gasteiger partial charge in [-0.25, -0.2) is 0 Å². The van der Waals surface area contributed by atoms with Gasteiger partial charge in [0.05, 0.1) is 5.41 Å². The second kappa shape index (κ2) is 6.25.